The molecular formula is C20H13Cl2F2N3. The predicted molar refractivity (Wildman–Crippen MR) is 104 cm³/mol. The predicted octanol–water partition coefficient (Wildman–Crippen LogP) is 6.64. The lowest BCUT2D eigenvalue weighted by Crippen LogP contribution is -1.99. The van der Waals surface area contributed by atoms with Gasteiger partial charge in [-0.3, -0.25) is 0 Å². The van der Waals surface area contributed by atoms with Crippen molar-refractivity contribution in [1.82, 2.24) is 14.8 Å². The summed E-state index contributed by atoms with van der Waals surface area (Å²) in [5.74, 6) is 0. The Kier molecular flexibility index (Phi) is 4.58. The van der Waals surface area contributed by atoms with Crippen molar-refractivity contribution < 1.29 is 8.78 Å². The van der Waals surface area contributed by atoms with Gasteiger partial charge in [-0.15, -0.1) is 0 Å². The molecule has 7 heteroatoms. The average molecular weight is 404 g/mol. The number of para-hydroxylation sites is 1. The van der Waals surface area contributed by atoms with Crippen molar-refractivity contribution in [3.05, 3.63) is 75.9 Å². The van der Waals surface area contributed by atoms with Crippen molar-refractivity contribution in [2.75, 3.05) is 0 Å². The van der Waals surface area contributed by atoms with Crippen LogP contribution in [0.4, 0.5) is 8.78 Å². The van der Waals surface area contributed by atoms with Gasteiger partial charge in [0.2, 0.25) is 0 Å². The van der Waals surface area contributed by atoms with E-state index in [1.807, 2.05) is 30.3 Å². The summed E-state index contributed by atoms with van der Waals surface area (Å²) in [6.07, 6.45) is -2.66. The van der Waals surface area contributed by atoms with Crippen molar-refractivity contribution in [1.29, 1.82) is 0 Å². The fourth-order valence-electron chi connectivity index (χ4n) is 3.05. The van der Waals surface area contributed by atoms with E-state index in [-0.39, 0.29) is 5.56 Å². The van der Waals surface area contributed by atoms with Gasteiger partial charge in [-0.1, -0.05) is 47.5 Å². The number of aromatic nitrogens is 3. The Hall–Kier alpha value is -2.50. The minimum absolute atomic E-state index is 0.110. The zero-order valence-electron chi connectivity index (χ0n) is 14.1. The van der Waals surface area contributed by atoms with Crippen molar-refractivity contribution in [2.24, 2.45) is 0 Å². The summed E-state index contributed by atoms with van der Waals surface area (Å²) in [5.41, 5.74) is 2.49. The second-order valence-corrected chi connectivity index (χ2v) is 6.87. The molecule has 0 unspecified atom stereocenters. The maximum absolute atomic E-state index is 13.8. The first kappa shape index (κ1) is 17.9. The molecule has 0 fully saturated rings. The number of pyridine rings is 1. The Bertz CT molecular complexity index is 1140. The first-order valence-electron chi connectivity index (χ1n) is 8.15. The van der Waals surface area contributed by atoms with Crippen LogP contribution in [0.3, 0.4) is 0 Å². The summed E-state index contributed by atoms with van der Waals surface area (Å²) in [6.45, 7) is 1.70. The number of hydrogen-bond donors (Lipinski definition) is 0. The van der Waals surface area contributed by atoms with E-state index in [0.29, 0.717) is 38.0 Å². The number of benzene rings is 2. The highest BCUT2D eigenvalue weighted by Crippen LogP contribution is 2.35. The van der Waals surface area contributed by atoms with Gasteiger partial charge in [0.15, 0.2) is 5.65 Å². The quantitative estimate of drug-likeness (QED) is 0.383. The Morgan fingerprint density at radius 1 is 0.963 bits per heavy atom. The molecule has 0 aliphatic carbocycles. The summed E-state index contributed by atoms with van der Waals surface area (Å²) >= 11 is 12.1. The molecule has 4 rings (SSSR count). The van der Waals surface area contributed by atoms with E-state index >= 15 is 0 Å². The highest BCUT2D eigenvalue weighted by Gasteiger charge is 2.21. The van der Waals surface area contributed by atoms with Crippen molar-refractivity contribution in [3.8, 4) is 16.9 Å². The van der Waals surface area contributed by atoms with Gasteiger partial charge in [-0.05, 0) is 37.3 Å². The molecular weight excluding hydrogens is 391 g/mol. The van der Waals surface area contributed by atoms with Gasteiger partial charge in [-0.2, -0.15) is 5.10 Å². The molecule has 27 heavy (non-hydrogen) atoms. The molecule has 0 bridgehead atoms. The summed E-state index contributed by atoms with van der Waals surface area (Å²) in [5, 5.41) is 5.53. The zero-order chi connectivity index (χ0) is 19.1. The first-order chi connectivity index (χ1) is 13.0. The standard InChI is InChI=1S/C20H13Cl2F2N3/c1-11-18-14(19(23)24)10-17(12-7-8-15(21)16(22)9-12)25-20(18)27(26-11)13-5-3-2-4-6-13/h2-10,19H,1H3. The number of aryl methyl sites for hydroxylation is 1. The van der Waals surface area contributed by atoms with Gasteiger partial charge < -0.3 is 0 Å². The van der Waals surface area contributed by atoms with E-state index in [1.165, 1.54) is 6.07 Å². The van der Waals surface area contributed by atoms with Gasteiger partial charge >= 0.3 is 0 Å². The molecule has 0 atom stereocenters. The molecule has 136 valence electrons. The van der Waals surface area contributed by atoms with Crippen LogP contribution in [0.15, 0.2) is 54.6 Å². The minimum Gasteiger partial charge on any atom is -0.228 e. The van der Waals surface area contributed by atoms with Crippen LogP contribution in [0.5, 0.6) is 0 Å². The minimum atomic E-state index is -2.66. The molecule has 0 amide bonds. The van der Waals surface area contributed by atoms with Crippen LogP contribution in [0.25, 0.3) is 28.0 Å². The number of hydrogen-bond acceptors (Lipinski definition) is 2. The topological polar surface area (TPSA) is 30.7 Å². The molecule has 2 aromatic heterocycles. The summed E-state index contributed by atoms with van der Waals surface area (Å²) < 4.78 is 29.2. The third-order valence-corrected chi connectivity index (χ3v) is 5.03. The second-order valence-electron chi connectivity index (χ2n) is 6.06. The molecule has 0 N–H and O–H groups in total. The summed E-state index contributed by atoms with van der Waals surface area (Å²) in [6, 6.07) is 15.6. The number of halogens is 4. The fourth-order valence-corrected chi connectivity index (χ4v) is 3.34. The van der Waals surface area contributed by atoms with E-state index < -0.39 is 6.43 Å². The van der Waals surface area contributed by atoms with Crippen molar-refractivity contribution in [2.45, 2.75) is 13.3 Å². The summed E-state index contributed by atoms with van der Waals surface area (Å²) in [4.78, 5) is 4.62. The maximum atomic E-state index is 13.8. The van der Waals surface area contributed by atoms with Crippen LogP contribution in [-0.4, -0.2) is 14.8 Å². The lowest BCUT2D eigenvalue weighted by molar-refractivity contribution is 0.153. The van der Waals surface area contributed by atoms with E-state index in [2.05, 4.69) is 10.1 Å². The highest BCUT2D eigenvalue weighted by molar-refractivity contribution is 6.42. The largest absolute Gasteiger partial charge is 0.264 e. The van der Waals surface area contributed by atoms with E-state index in [1.54, 1.807) is 29.8 Å². The third-order valence-electron chi connectivity index (χ3n) is 4.29. The number of nitrogens with zero attached hydrogens (tertiary/aromatic N) is 3. The van der Waals surface area contributed by atoms with Crippen LogP contribution >= 0.6 is 23.2 Å². The van der Waals surface area contributed by atoms with E-state index in [9.17, 15) is 8.78 Å². The molecule has 0 radical (unpaired) electrons. The highest BCUT2D eigenvalue weighted by atomic mass is 35.5. The Morgan fingerprint density at radius 3 is 2.37 bits per heavy atom. The average Bonchev–Trinajstić information content (AvgIpc) is 3.00. The van der Waals surface area contributed by atoms with Gasteiger partial charge in [0.1, 0.15) is 0 Å². The smallest absolute Gasteiger partial charge is 0.228 e. The van der Waals surface area contributed by atoms with E-state index in [0.717, 1.165) is 5.69 Å². The Morgan fingerprint density at radius 2 is 1.70 bits per heavy atom. The molecule has 0 aliphatic rings. The van der Waals surface area contributed by atoms with Crippen LogP contribution in [0.1, 0.15) is 17.7 Å². The lowest BCUT2D eigenvalue weighted by atomic mass is 10.1. The third kappa shape index (κ3) is 3.17. The maximum Gasteiger partial charge on any atom is 0.264 e. The number of rotatable bonds is 3. The second kappa shape index (κ2) is 6.91. The number of fused-ring (bicyclic) bond motifs is 1. The zero-order valence-corrected chi connectivity index (χ0v) is 15.6. The van der Waals surface area contributed by atoms with Gasteiger partial charge in [-0.25, -0.2) is 18.4 Å². The SMILES string of the molecule is Cc1nn(-c2ccccc2)c2nc(-c3ccc(Cl)c(Cl)c3)cc(C(F)F)c12. The molecule has 0 spiro atoms. The molecule has 0 saturated carbocycles. The molecule has 0 saturated heterocycles. The fraction of sp³-hybridized carbons (Fsp3) is 0.100. The van der Waals surface area contributed by atoms with Gasteiger partial charge in [0, 0.05) is 11.1 Å². The first-order valence-corrected chi connectivity index (χ1v) is 8.90. The molecule has 4 aromatic rings. The monoisotopic (exact) mass is 403 g/mol. The molecule has 0 aliphatic heterocycles. The number of alkyl halides is 2. The molecule has 2 aromatic carbocycles. The summed E-state index contributed by atoms with van der Waals surface area (Å²) in [7, 11) is 0. The normalized spacial score (nSPS) is 11.5. The Labute approximate surface area is 164 Å². The van der Waals surface area contributed by atoms with Crippen LogP contribution < -0.4 is 0 Å². The van der Waals surface area contributed by atoms with Gasteiger partial charge in [0.05, 0.1) is 32.5 Å². The van der Waals surface area contributed by atoms with E-state index in [4.69, 9.17) is 23.2 Å². The molecule has 3 nitrogen and oxygen atoms in total. The van der Waals surface area contributed by atoms with Gasteiger partial charge in [0.25, 0.3) is 6.43 Å². The van der Waals surface area contributed by atoms with Crippen LogP contribution in [0.2, 0.25) is 10.0 Å². The molecule has 2 heterocycles. The van der Waals surface area contributed by atoms with Crippen LogP contribution in [-0.2, 0) is 0 Å². The Balaban J connectivity index is 2.03. The van der Waals surface area contributed by atoms with Crippen molar-refractivity contribution in [3.63, 3.8) is 0 Å². The lowest BCUT2D eigenvalue weighted by Gasteiger charge is -2.09. The van der Waals surface area contributed by atoms with Crippen molar-refractivity contribution >= 4 is 34.2 Å². The van der Waals surface area contributed by atoms with Crippen LogP contribution in [0, 0.1) is 6.92 Å².